The number of ether oxygens (including phenoxy) is 3. The molecular weight excluding hydrogens is 348 g/mol. The quantitative estimate of drug-likeness (QED) is 0.719. The number of esters is 1. The number of hydrogen-bond donors (Lipinski definition) is 1. The van der Waals surface area contributed by atoms with Crippen LogP contribution in [0.25, 0.3) is 0 Å². The Bertz CT molecular complexity index is 826. The van der Waals surface area contributed by atoms with Crippen LogP contribution >= 0.6 is 0 Å². The molecular formula is C20H26N2O5. The van der Waals surface area contributed by atoms with Gasteiger partial charge in [0, 0.05) is 23.5 Å². The van der Waals surface area contributed by atoms with Crippen LogP contribution < -0.4 is 14.8 Å². The highest BCUT2D eigenvalue weighted by Crippen LogP contribution is 2.23. The number of aryl methyl sites for hydroxylation is 1. The van der Waals surface area contributed by atoms with Gasteiger partial charge in [0.15, 0.2) is 0 Å². The first-order valence-corrected chi connectivity index (χ1v) is 8.72. The Morgan fingerprint density at radius 3 is 2.48 bits per heavy atom. The first kappa shape index (κ1) is 20.4. The second-order valence-electron chi connectivity index (χ2n) is 6.05. The predicted octanol–water partition coefficient (Wildman–Crippen LogP) is 2.62. The summed E-state index contributed by atoms with van der Waals surface area (Å²) in [6.07, 6.45) is 0. The standard InChI is InChI=1S/C20H26N2O5/c1-6-27-20(24)17-9-13(2)22(14(17)3)12-19(23)21-11-15-10-16(25-4)7-8-18(15)26-5/h7-10H,6,11-12H2,1-5H3,(H,21,23). The van der Waals surface area contributed by atoms with E-state index in [2.05, 4.69) is 5.32 Å². The van der Waals surface area contributed by atoms with Crippen LogP contribution in [-0.2, 0) is 22.6 Å². The number of carbonyl (C=O) groups is 2. The number of benzene rings is 1. The number of nitrogens with one attached hydrogen (secondary N) is 1. The first-order chi connectivity index (χ1) is 12.9. The van der Waals surface area contributed by atoms with Crippen molar-refractivity contribution in [2.75, 3.05) is 20.8 Å². The molecule has 0 saturated heterocycles. The van der Waals surface area contributed by atoms with E-state index in [4.69, 9.17) is 14.2 Å². The van der Waals surface area contributed by atoms with Gasteiger partial charge in [0.2, 0.25) is 5.91 Å². The van der Waals surface area contributed by atoms with Crippen LogP contribution in [0.4, 0.5) is 0 Å². The van der Waals surface area contributed by atoms with Crippen molar-refractivity contribution < 1.29 is 23.8 Å². The molecule has 0 unspecified atom stereocenters. The molecule has 1 aromatic carbocycles. The summed E-state index contributed by atoms with van der Waals surface area (Å²) in [6.45, 7) is 6.15. The molecule has 0 spiro atoms. The summed E-state index contributed by atoms with van der Waals surface area (Å²) < 4.78 is 17.4. The second-order valence-corrected chi connectivity index (χ2v) is 6.05. The highest BCUT2D eigenvalue weighted by molar-refractivity contribution is 5.91. The lowest BCUT2D eigenvalue weighted by atomic mass is 10.2. The summed E-state index contributed by atoms with van der Waals surface area (Å²) in [6, 6.07) is 7.16. The topological polar surface area (TPSA) is 78.8 Å². The van der Waals surface area contributed by atoms with Gasteiger partial charge in [-0.05, 0) is 45.0 Å². The average molecular weight is 374 g/mol. The van der Waals surface area contributed by atoms with Crippen LogP contribution in [0, 0.1) is 13.8 Å². The molecule has 1 aromatic heterocycles. The Hall–Kier alpha value is -2.96. The minimum Gasteiger partial charge on any atom is -0.497 e. The third kappa shape index (κ3) is 4.81. The Morgan fingerprint density at radius 1 is 1.11 bits per heavy atom. The highest BCUT2D eigenvalue weighted by atomic mass is 16.5. The lowest BCUT2D eigenvalue weighted by Gasteiger charge is -2.13. The fourth-order valence-electron chi connectivity index (χ4n) is 2.87. The van der Waals surface area contributed by atoms with E-state index < -0.39 is 0 Å². The summed E-state index contributed by atoms with van der Waals surface area (Å²) >= 11 is 0. The minimum atomic E-state index is -0.377. The van der Waals surface area contributed by atoms with Crippen LogP contribution in [0.1, 0.15) is 34.2 Å². The van der Waals surface area contributed by atoms with Gasteiger partial charge >= 0.3 is 5.97 Å². The highest BCUT2D eigenvalue weighted by Gasteiger charge is 2.18. The van der Waals surface area contributed by atoms with E-state index in [0.717, 1.165) is 11.3 Å². The zero-order valence-electron chi connectivity index (χ0n) is 16.4. The van der Waals surface area contributed by atoms with Crippen LogP contribution in [0.3, 0.4) is 0 Å². The van der Waals surface area contributed by atoms with E-state index in [-0.39, 0.29) is 18.4 Å². The maximum absolute atomic E-state index is 12.4. The second kappa shape index (κ2) is 9.12. The van der Waals surface area contributed by atoms with Crippen LogP contribution in [-0.4, -0.2) is 37.3 Å². The number of methoxy groups -OCH3 is 2. The largest absolute Gasteiger partial charge is 0.497 e. The van der Waals surface area contributed by atoms with Crippen molar-refractivity contribution in [1.29, 1.82) is 0 Å². The molecule has 27 heavy (non-hydrogen) atoms. The fraction of sp³-hybridized carbons (Fsp3) is 0.400. The van der Waals surface area contributed by atoms with Gasteiger partial charge in [-0.3, -0.25) is 4.79 Å². The molecule has 1 amide bonds. The molecule has 1 N–H and O–H groups in total. The van der Waals surface area contributed by atoms with Gasteiger partial charge in [-0.2, -0.15) is 0 Å². The van der Waals surface area contributed by atoms with Crippen LogP contribution in [0.15, 0.2) is 24.3 Å². The molecule has 0 radical (unpaired) electrons. The average Bonchev–Trinajstić information content (AvgIpc) is 2.94. The Labute approximate surface area is 159 Å². The molecule has 1 heterocycles. The summed E-state index contributed by atoms with van der Waals surface area (Å²) in [5, 5.41) is 2.88. The third-order valence-electron chi connectivity index (χ3n) is 4.33. The van der Waals surface area contributed by atoms with Crippen molar-refractivity contribution in [3.05, 3.63) is 46.8 Å². The molecule has 7 nitrogen and oxygen atoms in total. The lowest BCUT2D eigenvalue weighted by Crippen LogP contribution is -2.28. The lowest BCUT2D eigenvalue weighted by molar-refractivity contribution is -0.121. The SMILES string of the molecule is CCOC(=O)c1cc(C)n(CC(=O)NCc2cc(OC)ccc2OC)c1C. The van der Waals surface area contributed by atoms with Crippen LogP contribution in [0.5, 0.6) is 11.5 Å². The number of hydrogen-bond acceptors (Lipinski definition) is 5. The molecule has 0 saturated carbocycles. The zero-order valence-corrected chi connectivity index (χ0v) is 16.4. The predicted molar refractivity (Wildman–Crippen MR) is 101 cm³/mol. The summed E-state index contributed by atoms with van der Waals surface area (Å²) in [7, 11) is 3.17. The van der Waals surface area contributed by atoms with E-state index in [1.165, 1.54) is 0 Å². The van der Waals surface area contributed by atoms with E-state index >= 15 is 0 Å². The molecule has 0 fully saturated rings. The van der Waals surface area contributed by atoms with Gasteiger partial charge in [0.1, 0.15) is 18.0 Å². The smallest absolute Gasteiger partial charge is 0.339 e. The number of aromatic nitrogens is 1. The minimum absolute atomic E-state index is 0.114. The van der Waals surface area contributed by atoms with Crippen molar-refractivity contribution in [2.24, 2.45) is 0 Å². The van der Waals surface area contributed by atoms with Crippen molar-refractivity contribution in [3.63, 3.8) is 0 Å². The van der Waals surface area contributed by atoms with Crippen molar-refractivity contribution >= 4 is 11.9 Å². The number of carbonyl (C=O) groups excluding carboxylic acids is 2. The van der Waals surface area contributed by atoms with Crippen molar-refractivity contribution in [2.45, 2.75) is 33.9 Å². The monoisotopic (exact) mass is 374 g/mol. The summed E-state index contributed by atoms with van der Waals surface area (Å²) in [5.41, 5.74) is 2.83. The summed E-state index contributed by atoms with van der Waals surface area (Å²) in [4.78, 5) is 24.4. The maximum Gasteiger partial charge on any atom is 0.339 e. The molecule has 0 atom stereocenters. The van der Waals surface area contributed by atoms with Gasteiger partial charge in [-0.1, -0.05) is 0 Å². The molecule has 7 heteroatoms. The number of nitrogens with zero attached hydrogens (tertiary/aromatic N) is 1. The van der Waals surface area contributed by atoms with Crippen LogP contribution in [0.2, 0.25) is 0 Å². The van der Waals surface area contributed by atoms with Gasteiger partial charge in [-0.15, -0.1) is 0 Å². The third-order valence-corrected chi connectivity index (χ3v) is 4.33. The van der Waals surface area contributed by atoms with E-state index in [1.54, 1.807) is 50.8 Å². The first-order valence-electron chi connectivity index (χ1n) is 8.72. The van der Waals surface area contributed by atoms with Gasteiger partial charge in [0.25, 0.3) is 0 Å². The van der Waals surface area contributed by atoms with Gasteiger partial charge in [0.05, 0.1) is 26.4 Å². The van der Waals surface area contributed by atoms with Crippen molar-refractivity contribution in [1.82, 2.24) is 9.88 Å². The maximum atomic E-state index is 12.4. The Kier molecular flexibility index (Phi) is 6.87. The van der Waals surface area contributed by atoms with E-state index in [1.807, 2.05) is 13.0 Å². The Morgan fingerprint density at radius 2 is 1.85 bits per heavy atom. The molecule has 0 aliphatic rings. The molecule has 0 aliphatic carbocycles. The molecule has 2 aromatic rings. The fourth-order valence-corrected chi connectivity index (χ4v) is 2.87. The number of rotatable bonds is 8. The molecule has 2 rings (SSSR count). The van der Waals surface area contributed by atoms with E-state index in [9.17, 15) is 9.59 Å². The summed E-state index contributed by atoms with van der Waals surface area (Å²) in [5.74, 6) is 0.820. The molecule has 0 bridgehead atoms. The van der Waals surface area contributed by atoms with Crippen molar-refractivity contribution in [3.8, 4) is 11.5 Å². The Balaban J connectivity index is 2.08. The molecule has 146 valence electrons. The molecule has 0 aliphatic heterocycles. The number of amides is 1. The van der Waals surface area contributed by atoms with Gasteiger partial charge < -0.3 is 24.1 Å². The van der Waals surface area contributed by atoms with Gasteiger partial charge in [-0.25, -0.2) is 4.79 Å². The normalized spacial score (nSPS) is 10.4. The zero-order chi connectivity index (χ0) is 20.0. The van der Waals surface area contributed by atoms with E-state index in [0.29, 0.717) is 35.9 Å².